The number of rotatable bonds is 5. The van der Waals surface area contributed by atoms with E-state index < -0.39 is 24.8 Å². The molecule has 0 aliphatic carbocycles. The van der Waals surface area contributed by atoms with E-state index in [1.807, 2.05) is 0 Å². The summed E-state index contributed by atoms with van der Waals surface area (Å²) in [5.74, 6) is -1.34. The van der Waals surface area contributed by atoms with E-state index in [-0.39, 0.29) is 57.6 Å². The summed E-state index contributed by atoms with van der Waals surface area (Å²) in [6, 6.07) is 10.8. The number of fused-ring (bicyclic) bond motifs is 3. The van der Waals surface area contributed by atoms with Crippen LogP contribution in [0.5, 0.6) is 5.75 Å². The van der Waals surface area contributed by atoms with Crippen molar-refractivity contribution in [2.45, 2.75) is 31.5 Å². The van der Waals surface area contributed by atoms with Crippen molar-refractivity contribution in [3.63, 3.8) is 0 Å². The molecule has 42 heavy (non-hydrogen) atoms. The number of para-hydroxylation sites is 1. The minimum absolute atomic E-state index is 0.000152. The average Bonchev–Trinajstić information content (AvgIpc) is 3.22. The van der Waals surface area contributed by atoms with Crippen LogP contribution < -0.4 is 15.1 Å². The van der Waals surface area contributed by atoms with Crippen LogP contribution in [0.4, 0.5) is 10.1 Å². The van der Waals surface area contributed by atoms with E-state index in [0.717, 1.165) is 12.8 Å². The molecule has 2 atom stereocenters. The SMILES string of the molecule is COC(=O)c1cc(F)c(-c2cccc3c2OCN(C(=O)c2c(Cl)cc(B(O)O)cc2Cl)C3)cc1N1C2CCC1COC2. The Morgan fingerprint density at radius 1 is 1.05 bits per heavy atom. The molecule has 2 saturated heterocycles. The van der Waals surface area contributed by atoms with E-state index in [2.05, 4.69) is 4.90 Å². The summed E-state index contributed by atoms with van der Waals surface area (Å²) in [7, 11) is -0.529. The maximum atomic E-state index is 15.7. The third kappa shape index (κ3) is 4.99. The third-order valence-corrected chi connectivity index (χ3v) is 8.58. The number of morpholine rings is 1. The first kappa shape index (κ1) is 28.8. The number of carbonyl (C=O) groups excluding carboxylic acids is 2. The van der Waals surface area contributed by atoms with Crippen molar-refractivity contribution >= 4 is 53.3 Å². The molecule has 1 amide bonds. The van der Waals surface area contributed by atoms with Crippen molar-refractivity contribution < 1.29 is 38.2 Å². The summed E-state index contributed by atoms with van der Waals surface area (Å²) in [6.45, 7) is 1.01. The van der Waals surface area contributed by atoms with Gasteiger partial charge in [0, 0.05) is 16.7 Å². The van der Waals surface area contributed by atoms with E-state index in [0.29, 0.717) is 35.8 Å². The highest BCUT2D eigenvalue weighted by Gasteiger charge is 2.40. The van der Waals surface area contributed by atoms with Crippen molar-refractivity contribution in [1.29, 1.82) is 0 Å². The molecule has 2 fully saturated rings. The first-order valence-electron chi connectivity index (χ1n) is 13.3. The topological polar surface area (TPSA) is 109 Å². The van der Waals surface area contributed by atoms with Gasteiger partial charge in [-0.1, -0.05) is 41.4 Å². The maximum Gasteiger partial charge on any atom is 0.488 e. The fraction of sp³-hybridized carbons (Fsp3) is 0.310. The Balaban J connectivity index is 1.36. The summed E-state index contributed by atoms with van der Waals surface area (Å²) < 4.78 is 32.5. The molecule has 3 aliphatic heterocycles. The number of benzene rings is 3. The Bertz CT molecular complexity index is 1550. The van der Waals surface area contributed by atoms with Crippen LogP contribution in [0.2, 0.25) is 10.0 Å². The summed E-state index contributed by atoms with van der Waals surface area (Å²) in [6.07, 6.45) is 1.81. The quantitative estimate of drug-likeness (QED) is 0.331. The summed E-state index contributed by atoms with van der Waals surface area (Å²) in [5.41, 5.74) is 2.15. The zero-order chi connectivity index (χ0) is 29.7. The molecule has 2 bridgehead atoms. The second kappa shape index (κ2) is 11.4. The number of hydrogen-bond acceptors (Lipinski definition) is 8. The Kier molecular flexibility index (Phi) is 7.80. The normalized spacial score (nSPS) is 19.3. The number of hydrogen-bond donors (Lipinski definition) is 2. The van der Waals surface area contributed by atoms with Gasteiger partial charge in [-0.25, -0.2) is 9.18 Å². The fourth-order valence-electron chi connectivity index (χ4n) is 6.00. The van der Waals surface area contributed by atoms with E-state index in [1.54, 1.807) is 24.3 Å². The Labute approximate surface area is 251 Å². The number of methoxy groups -OCH3 is 1. The summed E-state index contributed by atoms with van der Waals surface area (Å²) >= 11 is 12.6. The number of esters is 1. The Hall–Kier alpha value is -3.35. The fourth-order valence-corrected chi connectivity index (χ4v) is 6.66. The standard InChI is InChI=1S/C29H26BCl2FN2O7/c1-40-29(37)21-9-24(33)20(10-25(21)35-17-5-6-18(35)13-41-12-17)19-4-2-3-15-11-34(14-42-27(15)19)28(36)26-22(31)7-16(30(38)39)8-23(26)32/h2-4,7-10,17-18,38-39H,5-6,11-14H2,1H3. The van der Waals surface area contributed by atoms with Crippen molar-refractivity contribution in [2.24, 2.45) is 0 Å². The van der Waals surface area contributed by atoms with Crippen LogP contribution >= 0.6 is 23.2 Å². The number of anilines is 1. The molecule has 218 valence electrons. The van der Waals surface area contributed by atoms with Crippen molar-refractivity contribution in [3.05, 3.63) is 75.0 Å². The molecule has 2 unspecified atom stereocenters. The lowest BCUT2D eigenvalue weighted by molar-refractivity contribution is 0.0515. The molecule has 9 nitrogen and oxygen atoms in total. The van der Waals surface area contributed by atoms with E-state index in [4.69, 9.17) is 37.4 Å². The minimum atomic E-state index is -1.80. The van der Waals surface area contributed by atoms with Crippen molar-refractivity contribution in [1.82, 2.24) is 4.90 Å². The van der Waals surface area contributed by atoms with Crippen LogP contribution in [0.3, 0.4) is 0 Å². The van der Waals surface area contributed by atoms with Gasteiger partial charge in [0.1, 0.15) is 11.6 Å². The Morgan fingerprint density at radius 3 is 2.38 bits per heavy atom. The predicted octanol–water partition coefficient (Wildman–Crippen LogP) is 3.63. The molecule has 3 aromatic carbocycles. The molecule has 6 rings (SSSR count). The van der Waals surface area contributed by atoms with Crippen LogP contribution in [0, 0.1) is 5.82 Å². The number of halogens is 3. The number of carbonyl (C=O) groups is 2. The molecular formula is C29H26BCl2FN2O7. The second-order valence-corrected chi connectivity index (χ2v) is 11.3. The zero-order valence-corrected chi connectivity index (χ0v) is 24.0. The molecule has 0 saturated carbocycles. The van der Waals surface area contributed by atoms with Gasteiger partial charge in [0.15, 0.2) is 6.73 Å². The van der Waals surface area contributed by atoms with Gasteiger partial charge in [-0.15, -0.1) is 0 Å². The lowest BCUT2D eigenvalue weighted by atomic mass is 9.80. The number of amides is 1. The van der Waals surface area contributed by atoms with Crippen LogP contribution in [0.15, 0.2) is 42.5 Å². The lowest BCUT2D eigenvalue weighted by Crippen LogP contribution is -2.46. The maximum absolute atomic E-state index is 15.7. The van der Waals surface area contributed by atoms with Gasteiger partial charge in [0.2, 0.25) is 0 Å². The summed E-state index contributed by atoms with van der Waals surface area (Å²) in [4.78, 5) is 29.6. The van der Waals surface area contributed by atoms with Gasteiger partial charge in [0.05, 0.1) is 65.8 Å². The van der Waals surface area contributed by atoms with Gasteiger partial charge < -0.3 is 34.1 Å². The van der Waals surface area contributed by atoms with Gasteiger partial charge in [0.25, 0.3) is 5.91 Å². The predicted molar refractivity (Wildman–Crippen MR) is 155 cm³/mol. The average molecular weight is 615 g/mol. The number of ether oxygens (including phenoxy) is 3. The van der Waals surface area contributed by atoms with Crippen LogP contribution in [-0.2, 0) is 16.0 Å². The zero-order valence-electron chi connectivity index (χ0n) is 22.5. The first-order chi connectivity index (χ1) is 20.2. The van der Waals surface area contributed by atoms with Gasteiger partial charge in [-0.2, -0.15) is 0 Å². The van der Waals surface area contributed by atoms with Crippen molar-refractivity contribution in [3.8, 4) is 16.9 Å². The monoisotopic (exact) mass is 614 g/mol. The second-order valence-electron chi connectivity index (χ2n) is 10.5. The van der Waals surface area contributed by atoms with Gasteiger partial charge in [-0.3, -0.25) is 4.79 Å². The Morgan fingerprint density at radius 2 is 1.74 bits per heavy atom. The van der Waals surface area contributed by atoms with E-state index in [1.165, 1.54) is 30.2 Å². The molecular weight excluding hydrogens is 589 g/mol. The number of nitrogens with zero attached hydrogens (tertiary/aromatic N) is 2. The highest BCUT2D eigenvalue weighted by molar-refractivity contribution is 6.59. The van der Waals surface area contributed by atoms with Crippen LogP contribution in [-0.4, -0.2) is 73.1 Å². The van der Waals surface area contributed by atoms with Gasteiger partial charge in [-0.05, 0) is 42.6 Å². The third-order valence-electron chi connectivity index (χ3n) is 7.99. The van der Waals surface area contributed by atoms with E-state index >= 15 is 4.39 Å². The molecule has 3 aliphatic rings. The molecule has 0 spiro atoms. The summed E-state index contributed by atoms with van der Waals surface area (Å²) in [5, 5.41) is 18.8. The molecule has 3 heterocycles. The van der Waals surface area contributed by atoms with Gasteiger partial charge >= 0.3 is 13.1 Å². The molecule has 0 aromatic heterocycles. The lowest BCUT2D eigenvalue weighted by Gasteiger charge is -2.37. The minimum Gasteiger partial charge on any atom is -0.472 e. The van der Waals surface area contributed by atoms with E-state index in [9.17, 15) is 19.6 Å². The molecule has 0 radical (unpaired) electrons. The molecule has 3 aromatic rings. The largest absolute Gasteiger partial charge is 0.488 e. The highest BCUT2D eigenvalue weighted by atomic mass is 35.5. The molecule has 13 heteroatoms. The van der Waals surface area contributed by atoms with Crippen LogP contribution in [0.25, 0.3) is 11.1 Å². The van der Waals surface area contributed by atoms with Crippen molar-refractivity contribution in [2.75, 3.05) is 32.0 Å². The molecule has 2 N–H and O–H groups in total. The smallest absolute Gasteiger partial charge is 0.472 e. The first-order valence-corrected chi connectivity index (χ1v) is 14.1. The van der Waals surface area contributed by atoms with Crippen LogP contribution in [0.1, 0.15) is 39.1 Å². The highest BCUT2D eigenvalue weighted by Crippen LogP contribution is 2.43.